The molecule has 88 valence electrons. The molecule has 16 heavy (non-hydrogen) atoms. The lowest BCUT2D eigenvalue weighted by Gasteiger charge is -2.19. The number of aliphatic hydroxyl groups excluding tert-OH is 2. The van der Waals surface area contributed by atoms with Gasteiger partial charge in [0.2, 0.25) is 0 Å². The van der Waals surface area contributed by atoms with E-state index < -0.39 is 12.2 Å². The molecule has 0 amide bonds. The van der Waals surface area contributed by atoms with Gasteiger partial charge in [-0.2, -0.15) is 12.6 Å². The second-order valence-electron chi connectivity index (χ2n) is 3.48. The van der Waals surface area contributed by atoms with E-state index in [4.69, 9.17) is 18.0 Å². The van der Waals surface area contributed by atoms with Crippen molar-refractivity contribution in [2.75, 3.05) is 5.75 Å². The lowest BCUT2D eigenvalue weighted by atomic mass is 9.97. The summed E-state index contributed by atoms with van der Waals surface area (Å²) in [6.07, 6.45) is -1.42. The number of hydrogen-bond donors (Lipinski definition) is 4. The fourth-order valence-electron chi connectivity index (χ4n) is 1.48. The highest BCUT2D eigenvalue weighted by Gasteiger charge is 2.20. The van der Waals surface area contributed by atoms with Crippen molar-refractivity contribution < 1.29 is 10.2 Å². The number of nitrogens with two attached hydrogens (primary N) is 1. The van der Waals surface area contributed by atoms with Crippen molar-refractivity contribution in [2.24, 2.45) is 5.73 Å². The van der Waals surface area contributed by atoms with E-state index in [9.17, 15) is 10.2 Å². The van der Waals surface area contributed by atoms with Crippen molar-refractivity contribution >= 4 is 29.8 Å². The molecule has 0 fully saturated rings. The fraction of sp³-hybridized carbons (Fsp3) is 0.364. The Morgan fingerprint density at radius 3 is 2.56 bits per heavy atom. The number of hydrogen-bond acceptors (Lipinski definition) is 4. The summed E-state index contributed by atoms with van der Waals surface area (Å²) < 4.78 is 0. The second kappa shape index (κ2) is 6.20. The van der Waals surface area contributed by atoms with Crippen LogP contribution < -0.4 is 5.73 Å². The van der Waals surface area contributed by atoms with Gasteiger partial charge in [-0.15, -0.1) is 0 Å². The van der Waals surface area contributed by atoms with Crippen LogP contribution in [0.5, 0.6) is 0 Å². The van der Waals surface area contributed by atoms with Gasteiger partial charge in [0.25, 0.3) is 0 Å². The molecule has 3 nitrogen and oxygen atoms in total. The van der Waals surface area contributed by atoms with Gasteiger partial charge in [0, 0.05) is 5.56 Å². The number of benzene rings is 1. The molecule has 0 saturated carbocycles. The highest BCUT2D eigenvalue weighted by atomic mass is 32.1. The molecule has 4 N–H and O–H groups in total. The van der Waals surface area contributed by atoms with Gasteiger partial charge < -0.3 is 15.9 Å². The maximum atomic E-state index is 9.95. The Bertz CT molecular complexity index is 371. The normalized spacial score (nSPS) is 14.4. The van der Waals surface area contributed by atoms with Gasteiger partial charge in [0.05, 0.1) is 6.10 Å². The molecule has 0 bridgehead atoms. The monoisotopic (exact) mass is 257 g/mol. The second-order valence-corrected chi connectivity index (χ2v) is 4.36. The van der Waals surface area contributed by atoms with Crippen LogP contribution in [-0.2, 0) is 0 Å². The first-order valence-corrected chi connectivity index (χ1v) is 5.97. The summed E-state index contributed by atoms with van der Waals surface area (Å²) in [5.74, 6) is 0.507. The number of rotatable bonds is 5. The third kappa shape index (κ3) is 3.18. The first-order valence-electron chi connectivity index (χ1n) is 4.93. The maximum absolute atomic E-state index is 9.95. The first kappa shape index (κ1) is 13.4. The van der Waals surface area contributed by atoms with Crippen molar-refractivity contribution in [2.45, 2.75) is 18.6 Å². The van der Waals surface area contributed by atoms with Crippen LogP contribution in [-0.4, -0.2) is 27.1 Å². The minimum absolute atomic E-state index is 0.215. The van der Waals surface area contributed by atoms with Crippen LogP contribution in [0.2, 0.25) is 0 Å². The van der Waals surface area contributed by atoms with Crippen LogP contribution in [0.1, 0.15) is 23.7 Å². The van der Waals surface area contributed by atoms with Crippen molar-refractivity contribution in [3.05, 3.63) is 35.4 Å². The summed E-state index contributed by atoms with van der Waals surface area (Å²) in [6, 6.07) is 7.00. The predicted molar refractivity (Wildman–Crippen MR) is 71.8 cm³/mol. The van der Waals surface area contributed by atoms with Crippen LogP contribution in [0.3, 0.4) is 0 Å². The van der Waals surface area contributed by atoms with Crippen LogP contribution in [0.4, 0.5) is 0 Å². The van der Waals surface area contributed by atoms with Gasteiger partial charge in [-0.05, 0) is 17.7 Å². The Balaban J connectivity index is 2.98. The fourth-order valence-corrected chi connectivity index (χ4v) is 1.93. The molecule has 0 aliphatic rings. The number of thiocarbonyl (C=S) groups is 1. The summed E-state index contributed by atoms with van der Waals surface area (Å²) >= 11 is 8.90. The lowest BCUT2D eigenvalue weighted by Crippen LogP contribution is -2.22. The quantitative estimate of drug-likeness (QED) is 0.470. The molecule has 1 aromatic carbocycles. The third-order valence-corrected chi connectivity index (χ3v) is 2.81. The van der Waals surface area contributed by atoms with E-state index in [0.717, 1.165) is 0 Å². The Morgan fingerprint density at radius 2 is 2.00 bits per heavy atom. The molecular formula is C11H15NO2S2. The molecule has 0 aliphatic heterocycles. The minimum atomic E-state index is -0.982. The predicted octanol–water partition coefficient (Wildman–Crippen LogP) is 1.03. The van der Waals surface area contributed by atoms with Crippen LogP contribution in [0.15, 0.2) is 24.3 Å². The summed E-state index contributed by atoms with van der Waals surface area (Å²) in [6.45, 7) is 0. The van der Waals surface area contributed by atoms with Gasteiger partial charge in [-0.25, -0.2) is 0 Å². The van der Waals surface area contributed by atoms with Crippen LogP contribution in [0.25, 0.3) is 0 Å². The van der Waals surface area contributed by atoms with Gasteiger partial charge in [0.15, 0.2) is 0 Å². The standard InChI is InChI=1S/C11H15NO2S2/c12-11(16)8-4-2-1-3-7(8)10(14)9(13)5-6-15/h1-4,9-10,13-15H,5-6H2,(H2,12,16). The molecule has 0 aliphatic carbocycles. The zero-order valence-electron chi connectivity index (χ0n) is 8.71. The molecule has 5 heteroatoms. The Hall–Kier alpha value is -0.620. The number of aliphatic hydroxyl groups is 2. The van der Waals surface area contributed by atoms with Crippen LogP contribution in [0, 0.1) is 0 Å². The third-order valence-electron chi connectivity index (χ3n) is 2.33. The molecule has 0 spiro atoms. The topological polar surface area (TPSA) is 66.5 Å². The van der Waals surface area contributed by atoms with Gasteiger partial charge >= 0.3 is 0 Å². The summed E-state index contributed by atoms with van der Waals surface area (Å²) in [7, 11) is 0. The molecule has 2 unspecified atom stereocenters. The molecule has 0 radical (unpaired) electrons. The molecule has 0 saturated heterocycles. The van der Waals surface area contributed by atoms with Crippen molar-refractivity contribution in [1.29, 1.82) is 0 Å². The van der Waals surface area contributed by atoms with Gasteiger partial charge in [0.1, 0.15) is 11.1 Å². The number of thiol groups is 1. The van der Waals surface area contributed by atoms with E-state index in [0.29, 0.717) is 23.3 Å². The highest BCUT2D eigenvalue weighted by molar-refractivity contribution is 7.80. The minimum Gasteiger partial charge on any atom is -0.390 e. The molecular weight excluding hydrogens is 242 g/mol. The zero-order chi connectivity index (χ0) is 12.1. The highest BCUT2D eigenvalue weighted by Crippen LogP contribution is 2.22. The van der Waals surface area contributed by atoms with Crippen LogP contribution >= 0.6 is 24.8 Å². The van der Waals surface area contributed by atoms with Crippen molar-refractivity contribution in [3.63, 3.8) is 0 Å². The van der Waals surface area contributed by atoms with E-state index in [2.05, 4.69) is 12.6 Å². The molecule has 2 atom stereocenters. The first-order chi connectivity index (χ1) is 7.57. The van der Waals surface area contributed by atoms with E-state index in [-0.39, 0.29) is 4.99 Å². The molecule has 0 aromatic heterocycles. The molecule has 1 rings (SSSR count). The van der Waals surface area contributed by atoms with Gasteiger partial charge in [-0.1, -0.05) is 36.5 Å². The van der Waals surface area contributed by atoms with Crippen molar-refractivity contribution in [1.82, 2.24) is 0 Å². The average molecular weight is 257 g/mol. The van der Waals surface area contributed by atoms with E-state index in [1.54, 1.807) is 24.3 Å². The maximum Gasteiger partial charge on any atom is 0.106 e. The van der Waals surface area contributed by atoms with Crippen molar-refractivity contribution in [3.8, 4) is 0 Å². The largest absolute Gasteiger partial charge is 0.390 e. The smallest absolute Gasteiger partial charge is 0.106 e. The summed E-state index contributed by atoms with van der Waals surface area (Å²) in [4.78, 5) is 0.215. The Labute approximate surface area is 106 Å². The van der Waals surface area contributed by atoms with E-state index in [1.165, 1.54) is 0 Å². The zero-order valence-corrected chi connectivity index (χ0v) is 10.4. The average Bonchev–Trinajstić information content (AvgIpc) is 2.28. The Kier molecular flexibility index (Phi) is 5.21. The lowest BCUT2D eigenvalue weighted by molar-refractivity contribution is 0.0171. The van der Waals surface area contributed by atoms with Gasteiger partial charge in [-0.3, -0.25) is 0 Å². The molecule has 1 aromatic rings. The Morgan fingerprint density at radius 1 is 1.38 bits per heavy atom. The molecule has 0 heterocycles. The van der Waals surface area contributed by atoms with E-state index >= 15 is 0 Å². The summed E-state index contributed by atoms with van der Waals surface area (Å²) in [5, 5.41) is 19.6. The van der Waals surface area contributed by atoms with E-state index in [1.807, 2.05) is 0 Å². The summed E-state index contributed by atoms with van der Waals surface area (Å²) in [5.41, 5.74) is 6.71. The SMILES string of the molecule is NC(=S)c1ccccc1C(O)C(O)CCS.